The highest BCUT2D eigenvalue weighted by Crippen LogP contribution is 2.15. The van der Waals surface area contributed by atoms with E-state index in [0.29, 0.717) is 6.54 Å². The highest BCUT2D eigenvalue weighted by molar-refractivity contribution is 5.27. The largest absolute Gasteiger partial charge is 0.475 e. The van der Waals surface area contributed by atoms with Crippen LogP contribution < -0.4 is 10.5 Å². The van der Waals surface area contributed by atoms with Gasteiger partial charge in [-0.2, -0.15) is 0 Å². The van der Waals surface area contributed by atoms with E-state index >= 15 is 0 Å². The average molecular weight is 208 g/mol. The second-order valence-electron chi connectivity index (χ2n) is 3.79. The number of nitrogens with zero attached hydrogens (tertiary/aromatic N) is 1. The Balaban J connectivity index is 2.63. The van der Waals surface area contributed by atoms with Crippen LogP contribution in [0.5, 0.6) is 5.75 Å². The fourth-order valence-electron chi connectivity index (χ4n) is 1.42. The summed E-state index contributed by atoms with van der Waals surface area (Å²) in [5.41, 5.74) is 6.65. The Hall–Kier alpha value is -1.06. The summed E-state index contributed by atoms with van der Waals surface area (Å²) in [7, 11) is 4.03. The smallest absolute Gasteiger partial charge is 0.151 e. The third-order valence-electron chi connectivity index (χ3n) is 2.36. The highest BCUT2D eigenvalue weighted by atomic mass is 16.5. The summed E-state index contributed by atoms with van der Waals surface area (Å²) in [4.78, 5) is 2.07. The van der Waals surface area contributed by atoms with Crippen LogP contribution in [-0.2, 0) is 6.54 Å². The lowest BCUT2D eigenvalue weighted by atomic mass is 10.2. The first-order valence-corrected chi connectivity index (χ1v) is 5.29. The zero-order valence-corrected chi connectivity index (χ0v) is 9.73. The van der Waals surface area contributed by atoms with E-state index in [4.69, 9.17) is 10.5 Å². The Morgan fingerprint density at radius 2 is 1.87 bits per heavy atom. The monoisotopic (exact) mass is 208 g/mol. The van der Waals surface area contributed by atoms with Crippen molar-refractivity contribution in [2.45, 2.75) is 26.1 Å². The Kier molecular flexibility index (Phi) is 4.59. The van der Waals surface area contributed by atoms with Crippen LogP contribution in [0.1, 0.15) is 18.9 Å². The summed E-state index contributed by atoms with van der Waals surface area (Å²) in [6.45, 7) is 2.68. The maximum atomic E-state index is 5.81. The molecule has 0 aliphatic carbocycles. The summed E-state index contributed by atoms with van der Waals surface area (Å²) in [6.07, 6.45) is 1.10. The van der Waals surface area contributed by atoms with Crippen LogP contribution in [0.3, 0.4) is 0 Å². The number of rotatable bonds is 5. The standard InChI is InChI=1S/C12H20N2O/c1-4-12(14(2)3)15-11-7-5-10(9-13)6-8-11/h5-8,12H,4,9,13H2,1-3H3. The van der Waals surface area contributed by atoms with Gasteiger partial charge in [0.2, 0.25) is 0 Å². The van der Waals surface area contributed by atoms with Crippen molar-refractivity contribution < 1.29 is 4.74 Å². The van der Waals surface area contributed by atoms with Crippen molar-refractivity contribution in [1.29, 1.82) is 0 Å². The van der Waals surface area contributed by atoms with Gasteiger partial charge in [0.05, 0.1) is 0 Å². The first-order chi connectivity index (χ1) is 7.17. The Bertz CT molecular complexity index is 282. The van der Waals surface area contributed by atoms with E-state index in [2.05, 4.69) is 11.8 Å². The quantitative estimate of drug-likeness (QED) is 0.750. The summed E-state index contributed by atoms with van der Waals surface area (Å²) in [5.74, 6) is 0.896. The molecular weight excluding hydrogens is 188 g/mol. The molecule has 0 saturated heterocycles. The van der Waals surface area contributed by atoms with Gasteiger partial charge in [-0.25, -0.2) is 0 Å². The molecule has 2 N–H and O–H groups in total. The summed E-state index contributed by atoms with van der Waals surface area (Å²) < 4.78 is 5.81. The lowest BCUT2D eigenvalue weighted by Crippen LogP contribution is -2.32. The molecule has 15 heavy (non-hydrogen) atoms. The number of nitrogens with two attached hydrogens (primary N) is 1. The number of hydrogen-bond donors (Lipinski definition) is 1. The second kappa shape index (κ2) is 5.73. The predicted octanol–water partition coefficient (Wildman–Crippen LogP) is 1.82. The molecule has 1 atom stereocenters. The number of ether oxygens (including phenoxy) is 1. The Morgan fingerprint density at radius 3 is 2.27 bits per heavy atom. The van der Waals surface area contributed by atoms with Crippen LogP contribution in [0.4, 0.5) is 0 Å². The Morgan fingerprint density at radius 1 is 1.27 bits per heavy atom. The van der Waals surface area contributed by atoms with Crippen molar-refractivity contribution in [1.82, 2.24) is 4.90 Å². The molecule has 0 fully saturated rings. The second-order valence-corrected chi connectivity index (χ2v) is 3.79. The molecule has 84 valence electrons. The van der Waals surface area contributed by atoms with E-state index in [-0.39, 0.29) is 6.23 Å². The molecular formula is C12H20N2O. The maximum absolute atomic E-state index is 5.81. The van der Waals surface area contributed by atoms with Crippen LogP contribution in [0.25, 0.3) is 0 Å². The summed E-state index contributed by atoms with van der Waals surface area (Å²) in [5, 5.41) is 0. The SMILES string of the molecule is CCC(Oc1ccc(CN)cc1)N(C)C. The van der Waals surface area contributed by atoms with E-state index in [9.17, 15) is 0 Å². The van der Waals surface area contributed by atoms with Crippen molar-refractivity contribution in [3.05, 3.63) is 29.8 Å². The minimum Gasteiger partial charge on any atom is -0.475 e. The third-order valence-corrected chi connectivity index (χ3v) is 2.36. The van der Waals surface area contributed by atoms with Gasteiger partial charge in [-0.05, 0) is 38.2 Å². The van der Waals surface area contributed by atoms with E-state index in [0.717, 1.165) is 17.7 Å². The average Bonchev–Trinajstić information content (AvgIpc) is 2.26. The van der Waals surface area contributed by atoms with Gasteiger partial charge in [-0.15, -0.1) is 0 Å². The van der Waals surface area contributed by atoms with E-state index in [1.165, 1.54) is 0 Å². The van der Waals surface area contributed by atoms with Crippen molar-refractivity contribution in [3.8, 4) is 5.75 Å². The molecule has 1 aromatic rings. The van der Waals surface area contributed by atoms with E-state index in [1.54, 1.807) is 0 Å². The van der Waals surface area contributed by atoms with Gasteiger partial charge in [0.15, 0.2) is 6.23 Å². The predicted molar refractivity (Wildman–Crippen MR) is 62.7 cm³/mol. The molecule has 1 rings (SSSR count). The zero-order chi connectivity index (χ0) is 11.3. The van der Waals surface area contributed by atoms with Gasteiger partial charge in [0, 0.05) is 6.54 Å². The fraction of sp³-hybridized carbons (Fsp3) is 0.500. The fourth-order valence-corrected chi connectivity index (χ4v) is 1.42. The van der Waals surface area contributed by atoms with Gasteiger partial charge < -0.3 is 10.5 Å². The highest BCUT2D eigenvalue weighted by Gasteiger charge is 2.09. The van der Waals surface area contributed by atoms with Crippen molar-refractivity contribution in [2.24, 2.45) is 5.73 Å². The minimum absolute atomic E-state index is 0.133. The lowest BCUT2D eigenvalue weighted by Gasteiger charge is -2.24. The topological polar surface area (TPSA) is 38.5 Å². The van der Waals surface area contributed by atoms with E-state index in [1.807, 2.05) is 38.4 Å². The molecule has 0 heterocycles. The molecule has 0 aliphatic rings. The normalized spacial score (nSPS) is 12.9. The van der Waals surface area contributed by atoms with Crippen molar-refractivity contribution in [2.75, 3.05) is 14.1 Å². The lowest BCUT2D eigenvalue weighted by molar-refractivity contribution is 0.0612. The molecule has 0 spiro atoms. The van der Waals surface area contributed by atoms with Crippen molar-refractivity contribution >= 4 is 0 Å². The van der Waals surface area contributed by atoms with Gasteiger partial charge in [-0.1, -0.05) is 19.1 Å². The van der Waals surface area contributed by atoms with Crippen LogP contribution in [0.2, 0.25) is 0 Å². The third kappa shape index (κ3) is 3.53. The number of hydrogen-bond acceptors (Lipinski definition) is 3. The van der Waals surface area contributed by atoms with E-state index < -0.39 is 0 Å². The molecule has 0 amide bonds. The van der Waals surface area contributed by atoms with Crippen LogP contribution in [-0.4, -0.2) is 25.2 Å². The van der Waals surface area contributed by atoms with Crippen LogP contribution in [0.15, 0.2) is 24.3 Å². The molecule has 1 aromatic carbocycles. The summed E-state index contributed by atoms with van der Waals surface area (Å²) in [6, 6.07) is 7.93. The van der Waals surface area contributed by atoms with Gasteiger partial charge in [-0.3, -0.25) is 4.90 Å². The Labute approximate surface area is 91.8 Å². The van der Waals surface area contributed by atoms with Gasteiger partial charge >= 0.3 is 0 Å². The van der Waals surface area contributed by atoms with Crippen molar-refractivity contribution in [3.63, 3.8) is 0 Å². The molecule has 0 bridgehead atoms. The molecule has 0 aliphatic heterocycles. The molecule has 3 nitrogen and oxygen atoms in total. The first kappa shape index (κ1) is 12.0. The molecule has 0 saturated carbocycles. The zero-order valence-electron chi connectivity index (χ0n) is 9.73. The minimum atomic E-state index is 0.133. The van der Waals surface area contributed by atoms with Crippen LogP contribution in [0, 0.1) is 0 Å². The molecule has 0 radical (unpaired) electrons. The maximum Gasteiger partial charge on any atom is 0.151 e. The molecule has 0 aromatic heterocycles. The van der Waals surface area contributed by atoms with Gasteiger partial charge in [0.25, 0.3) is 0 Å². The van der Waals surface area contributed by atoms with Crippen LogP contribution >= 0.6 is 0 Å². The summed E-state index contributed by atoms with van der Waals surface area (Å²) >= 11 is 0. The number of benzene rings is 1. The van der Waals surface area contributed by atoms with Gasteiger partial charge in [0.1, 0.15) is 5.75 Å². The molecule has 1 unspecified atom stereocenters. The molecule has 3 heteroatoms. The first-order valence-electron chi connectivity index (χ1n) is 5.29.